The van der Waals surface area contributed by atoms with Gasteiger partial charge in [0.2, 0.25) is 11.8 Å². The highest BCUT2D eigenvalue weighted by Crippen LogP contribution is 2.38. The minimum Gasteiger partial charge on any atom is -0.478 e. The third-order valence-corrected chi connectivity index (χ3v) is 7.69. The number of carbonyl (C=O) groups is 1. The van der Waals surface area contributed by atoms with Gasteiger partial charge < -0.3 is 24.6 Å². The number of fused-ring (bicyclic) bond motifs is 1. The lowest BCUT2D eigenvalue weighted by Gasteiger charge is -2.47. The third kappa shape index (κ3) is 5.32. The van der Waals surface area contributed by atoms with Gasteiger partial charge >= 0.3 is 6.03 Å². The van der Waals surface area contributed by atoms with Crippen molar-refractivity contribution >= 4 is 12.0 Å². The molecule has 11 nitrogen and oxygen atoms in total. The van der Waals surface area contributed by atoms with Crippen LogP contribution in [0.3, 0.4) is 0 Å². The molecule has 0 saturated carbocycles. The van der Waals surface area contributed by atoms with E-state index in [-0.39, 0.29) is 35.7 Å². The predicted octanol–water partition coefficient (Wildman–Crippen LogP) is 1.35. The quantitative estimate of drug-likeness (QED) is 0.466. The molecule has 1 aromatic rings. The number of carbonyl (C=O) groups excluding carboxylic acids is 1. The van der Waals surface area contributed by atoms with Crippen molar-refractivity contribution in [3.05, 3.63) is 12.3 Å². The van der Waals surface area contributed by atoms with E-state index in [1.807, 2.05) is 11.8 Å². The van der Waals surface area contributed by atoms with Gasteiger partial charge in [0, 0.05) is 70.2 Å². The number of nitrogens with zero attached hydrogens (tertiary/aromatic N) is 5. The minimum atomic E-state index is -0.349. The van der Waals surface area contributed by atoms with Crippen molar-refractivity contribution in [2.24, 2.45) is 5.92 Å². The number of anilines is 1. The molecule has 196 valence electrons. The fraction of sp³-hybridized carbons (Fsp3) is 0.792. The van der Waals surface area contributed by atoms with Crippen LogP contribution in [0.15, 0.2) is 12.3 Å². The van der Waals surface area contributed by atoms with Crippen LogP contribution >= 0.6 is 0 Å². The van der Waals surface area contributed by atoms with E-state index >= 15 is 0 Å². The van der Waals surface area contributed by atoms with Crippen molar-refractivity contribution in [3.8, 4) is 5.88 Å². The molecule has 4 rings (SSSR count). The van der Waals surface area contributed by atoms with Crippen LogP contribution in [0.25, 0.3) is 0 Å². The average Bonchev–Trinajstić information content (AvgIpc) is 3.34. The maximum atomic E-state index is 13.9. The van der Waals surface area contributed by atoms with Crippen molar-refractivity contribution in [2.75, 3.05) is 51.8 Å². The zero-order valence-electron chi connectivity index (χ0n) is 22.0. The Bertz CT molecular complexity index is 871. The van der Waals surface area contributed by atoms with Crippen LogP contribution in [-0.4, -0.2) is 107 Å². The molecule has 1 aromatic heterocycles. The molecule has 5 atom stereocenters. The molecule has 2 amide bonds. The number of urea groups is 1. The number of ether oxygens (including phenoxy) is 2. The SMILES string of the molecule is CCOc1ccnc(NC2NNC3C2CN(C(=O)N2C[C@@H](C)N(CCCOC)C[C@@H]2C)C3(C)C)n1. The minimum absolute atomic E-state index is 0.0992. The second kappa shape index (κ2) is 10.8. The molecular weight excluding hydrogens is 448 g/mol. The zero-order valence-corrected chi connectivity index (χ0v) is 22.0. The van der Waals surface area contributed by atoms with Crippen molar-refractivity contribution in [3.63, 3.8) is 0 Å². The highest BCUT2D eigenvalue weighted by molar-refractivity contribution is 5.76. The molecule has 11 heteroatoms. The molecule has 0 radical (unpaired) electrons. The van der Waals surface area contributed by atoms with Gasteiger partial charge in [0.15, 0.2) is 0 Å². The van der Waals surface area contributed by atoms with Gasteiger partial charge in [-0.05, 0) is 41.0 Å². The van der Waals surface area contributed by atoms with E-state index in [0.717, 1.165) is 32.7 Å². The molecule has 0 bridgehead atoms. The lowest BCUT2D eigenvalue weighted by atomic mass is 9.90. The first kappa shape index (κ1) is 25.9. The molecule has 35 heavy (non-hydrogen) atoms. The van der Waals surface area contributed by atoms with Gasteiger partial charge in [-0.15, -0.1) is 0 Å². The fourth-order valence-electron chi connectivity index (χ4n) is 5.70. The van der Waals surface area contributed by atoms with E-state index in [4.69, 9.17) is 9.47 Å². The molecule has 3 aliphatic heterocycles. The van der Waals surface area contributed by atoms with Gasteiger partial charge in [-0.3, -0.25) is 10.3 Å². The van der Waals surface area contributed by atoms with Gasteiger partial charge in [-0.25, -0.2) is 15.2 Å². The molecule has 0 aliphatic carbocycles. The summed E-state index contributed by atoms with van der Waals surface area (Å²) in [6.07, 6.45) is 2.59. The summed E-state index contributed by atoms with van der Waals surface area (Å²) < 4.78 is 10.7. The number of hydrogen-bond donors (Lipinski definition) is 3. The normalized spacial score (nSPS) is 30.4. The van der Waals surface area contributed by atoms with Gasteiger partial charge in [0.1, 0.15) is 0 Å². The van der Waals surface area contributed by atoms with E-state index in [0.29, 0.717) is 31.0 Å². The Kier molecular flexibility index (Phi) is 7.99. The maximum absolute atomic E-state index is 13.9. The number of hydrogen-bond acceptors (Lipinski definition) is 9. The van der Waals surface area contributed by atoms with Crippen molar-refractivity contribution in [2.45, 2.75) is 70.9 Å². The van der Waals surface area contributed by atoms with E-state index in [1.54, 1.807) is 19.4 Å². The second-order valence-corrected chi connectivity index (χ2v) is 10.4. The van der Waals surface area contributed by atoms with Crippen LogP contribution in [-0.2, 0) is 4.74 Å². The summed E-state index contributed by atoms with van der Waals surface area (Å²) in [5, 5.41) is 3.39. The number of rotatable bonds is 8. The smallest absolute Gasteiger partial charge is 0.320 e. The molecule has 0 spiro atoms. The topological polar surface area (TPSA) is 107 Å². The van der Waals surface area contributed by atoms with E-state index in [2.05, 4.69) is 63.6 Å². The van der Waals surface area contributed by atoms with Gasteiger partial charge in [0.25, 0.3) is 0 Å². The van der Waals surface area contributed by atoms with Crippen LogP contribution in [0.5, 0.6) is 5.88 Å². The maximum Gasteiger partial charge on any atom is 0.320 e. The van der Waals surface area contributed by atoms with Crippen LogP contribution in [0, 0.1) is 5.92 Å². The Morgan fingerprint density at radius 3 is 2.77 bits per heavy atom. The summed E-state index contributed by atoms with van der Waals surface area (Å²) in [5.74, 6) is 1.21. The Hall–Kier alpha value is -2.21. The van der Waals surface area contributed by atoms with Crippen molar-refractivity contribution in [1.82, 2.24) is 35.5 Å². The van der Waals surface area contributed by atoms with Crippen LogP contribution in [0.4, 0.5) is 10.7 Å². The van der Waals surface area contributed by atoms with Crippen molar-refractivity contribution < 1.29 is 14.3 Å². The van der Waals surface area contributed by atoms with Crippen LogP contribution in [0.1, 0.15) is 41.0 Å². The van der Waals surface area contributed by atoms with Gasteiger partial charge in [0.05, 0.1) is 24.4 Å². The molecule has 3 fully saturated rings. The highest BCUT2D eigenvalue weighted by atomic mass is 16.5. The molecule has 3 N–H and O–H groups in total. The molecule has 3 aliphatic rings. The lowest BCUT2D eigenvalue weighted by Crippen LogP contribution is -2.63. The Morgan fingerprint density at radius 1 is 1.23 bits per heavy atom. The fourth-order valence-corrected chi connectivity index (χ4v) is 5.70. The number of amides is 2. The summed E-state index contributed by atoms with van der Waals surface area (Å²) in [7, 11) is 1.74. The molecule has 3 unspecified atom stereocenters. The highest BCUT2D eigenvalue weighted by Gasteiger charge is 2.56. The standard InChI is InChI=1S/C24H42N8O3/c1-7-35-19-9-10-25-22(26-19)27-21-18-15-32(24(4,5)20(18)28-29-21)23(33)31-14-16(2)30(13-17(31)3)11-8-12-34-6/h9-10,16-18,20-21,28-29H,7-8,11-15H2,1-6H3,(H,25,26,27)/t16-,17+,18?,20?,21?/m1/s1. The number of nitrogens with one attached hydrogen (secondary N) is 3. The second-order valence-electron chi connectivity index (χ2n) is 10.4. The average molecular weight is 491 g/mol. The summed E-state index contributed by atoms with van der Waals surface area (Å²) in [4.78, 5) is 29.2. The Labute approximate surface area is 208 Å². The van der Waals surface area contributed by atoms with Crippen LogP contribution < -0.4 is 20.9 Å². The van der Waals surface area contributed by atoms with E-state index in [9.17, 15) is 4.79 Å². The molecule has 3 saturated heterocycles. The first-order chi connectivity index (χ1) is 16.8. The van der Waals surface area contributed by atoms with Gasteiger partial charge in [-0.1, -0.05) is 0 Å². The van der Waals surface area contributed by atoms with Crippen molar-refractivity contribution in [1.29, 1.82) is 0 Å². The number of likely N-dealkylation sites (tertiary alicyclic amines) is 1. The van der Waals surface area contributed by atoms with Gasteiger partial charge in [-0.2, -0.15) is 4.98 Å². The summed E-state index contributed by atoms with van der Waals surface area (Å²) in [5.41, 5.74) is 6.43. The predicted molar refractivity (Wildman–Crippen MR) is 134 cm³/mol. The monoisotopic (exact) mass is 490 g/mol. The number of methoxy groups -OCH3 is 1. The van der Waals surface area contributed by atoms with Crippen LogP contribution in [0.2, 0.25) is 0 Å². The largest absolute Gasteiger partial charge is 0.478 e. The Balaban J connectivity index is 1.41. The summed E-state index contributed by atoms with van der Waals surface area (Å²) in [6, 6.07) is 2.45. The number of hydrazine groups is 1. The van der Waals surface area contributed by atoms with E-state index in [1.165, 1.54) is 0 Å². The Morgan fingerprint density at radius 2 is 2.03 bits per heavy atom. The van der Waals surface area contributed by atoms with E-state index < -0.39 is 0 Å². The first-order valence-electron chi connectivity index (χ1n) is 12.8. The molecular formula is C24H42N8O3. The number of aromatic nitrogens is 2. The summed E-state index contributed by atoms with van der Waals surface area (Å²) >= 11 is 0. The number of piperazine rings is 1. The lowest BCUT2D eigenvalue weighted by molar-refractivity contribution is 0.0349. The first-order valence-corrected chi connectivity index (χ1v) is 12.8. The zero-order chi connectivity index (χ0) is 25.2. The summed E-state index contributed by atoms with van der Waals surface area (Å²) in [6.45, 7) is 15.2. The molecule has 4 heterocycles. The molecule has 0 aromatic carbocycles. The third-order valence-electron chi connectivity index (χ3n) is 7.69.